The Balaban J connectivity index is 1.39. The minimum atomic E-state index is 0.380. The van der Waals surface area contributed by atoms with Gasteiger partial charge in [0, 0.05) is 24.7 Å². The molecule has 4 aromatic carbocycles. The second-order valence-corrected chi connectivity index (χ2v) is 11.6. The lowest BCUT2D eigenvalue weighted by Crippen LogP contribution is -2.26. The SMILES string of the molecule is C/C=C(/CCCN(CCC(c1ccccc1)c1ccccc1)C(=C1CC1)c1ccccc1)c1ccccc1C(C)C. The van der Waals surface area contributed by atoms with Gasteiger partial charge in [0.2, 0.25) is 0 Å². The van der Waals surface area contributed by atoms with Crippen LogP contribution in [0.5, 0.6) is 0 Å². The van der Waals surface area contributed by atoms with Crippen LogP contribution >= 0.6 is 0 Å². The fraction of sp³-hybridized carbons (Fsp3) is 0.300. The predicted octanol–water partition coefficient (Wildman–Crippen LogP) is 10.7. The smallest absolute Gasteiger partial charge is 0.0431 e. The maximum atomic E-state index is 2.72. The van der Waals surface area contributed by atoms with E-state index in [0.29, 0.717) is 11.8 Å². The van der Waals surface area contributed by atoms with Crippen molar-refractivity contribution in [2.24, 2.45) is 0 Å². The summed E-state index contributed by atoms with van der Waals surface area (Å²) in [4.78, 5) is 2.72. The summed E-state index contributed by atoms with van der Waals surface area (Å²) in [6.07, 6.45) is 8.10. The van der Waals surface area contributed by atoms with Crippen molar-refractivity contribution in [2.45, 2.75) is 64.7 Å². The van der Waals surface area contributed by atoms with Crippen molar-refractivity contribution in [2.75, 3.05) is 13.1 Å². The molecule has 1 aliphatic carbocycles. The third-order valence-corrected chi connectivity index (χ3v) is 8.44. The van der Waals surface area contributed by atoms with E-state index in [-0.39, 0.29) is 0 Å². The third-order valence-electron chi connectivity index (χ3n) is 8.44. The van der Waals surface area contributed by atoms with E-state index in [1.54, 1.807) is 5.57 Å². The Morgan fingerprint density at radius 1 is 0.707 bits per heavy atom. The van der Waals surface area contributed by atoms with Crippen LogP contribution in [0.4, 0.5) is 0 Å². The standard InChI is InChI=1S/C40H45N/c1-4-32(39-25-15-14-24-37(39)31(2)3)23-16-29-41(40(36-26-27-36)35-21-12-7-13-22-35)30-28-38(33-17-8-5-9-18-33)34-19-10-6-11-20-34/h4-15,17-22,24-25,31,38H,16,23,26-30H2,1-3H3/b32-4-. The van der Waals surface area contributed by atoms with E-state index in [1.807, 2.05) is 0 Å². The van der Waals surface area contributed by atoms with Crippen molar-refractivity contribution in [1.29, 1.82) is 0 Å². The highest BCUT2D eigenvalue weighted by Gasteiger charge is 2.25. The molecule has 0 unspecified atom stereocenters. The van der Waals surface area contributed by atoms with Gasteiger partial charge < -0.3 is 4.90 Å². The zero-order chi connectivity index (χ0) is 28.4. The Hall–Kier alpha value is -3.84. The van der Waals surface area contributed by atoms with E-state index in [1.165, 1.54) is 51.9 Å². The zero-order valence-electron chi connectivity index (χ0n) is 25.1. The lowest BCUT2D eigenvalue weighted by molar-refractivity contribution is 0.375. The minimum Gasteiger partial charge on any atom is -0.371 e. The van der Waals surface area contributed by atoms with Crippen molar-refractivity contribution in [3.63, 3.8) is 0 Å². The minimum absolute atomic E-state index is 0.380. The van der Waals surface area contributed by atoms with Gasteiger partial charge in [-0.15, -0.1) is 0 Å². The summed E-state index contributed by atoms with van der Waals surface area (Å²) in [7, 11) is 0. The molecule has 1 saturated carbocycles. The molecule has 1 aliphatic rings. The highest BCUT2D eigenvalue weighted by atomic mass is 15.1. The molecule has 0 aromatic heterocycles. The Morgan fingerprint density at radius 3 is 1.83 bits per heavy atom. The Bertz CT molecular complexity index is 1380. The van der Waals surface area contributed by atoms with Gasteiger partial charge in [-0.25, -0.2) is 0 Å². The number of allylic oxidation sites excluding steroid dienone is 3. The van der Waals surface area contributed by atoms with Crippen LogP contribution < -0.4 is 0 Å². The molecule has 0 aliphatic heterocycles. The molecular formula is C40H45N. The van der Waals surface area contributed by atoms with Crippen molar-refractivity contribution in [1.82, 2.24) is 4.90 Å². The van der Waals surface area contributed by atoms with E-state index in [4.69, 9.17) is 0 Å². The summed E-state index contributed by atoms with van der Waals surface area (Å²) in [6, 6.07) is 42.2. The summed E-state index contributed by atoms with van der Waals surface area (Å²) in [5, 5.41) is 0. The molecule has 0 atom stereocenters. The van der Waals surface area contributed by atoms with Gasteiger partial charge in [0.25, 0.3) is 0 Å². The molecule has 41 heavy (non-hydrogen) atoms. The summed E-state index contributed by atoms with van der Waals surface area (Å²) < 4.78 is 0. The third kappa shape index (κ3) is 7.47. The van der Waals surface area contributed by atoms with Crippen molar-refractivity contribution in [3.8, 4) is 0 Å². The second-order valence-electron chi connectivity index (χ2n) is 11.6. The zero-order valence-corrected chi connectivity index (χ0v) is 25.1. The normalized spacial score (nSPS) is 13.1. The number of hydrogen-bond donors (Lipinski definition) is 0. The van der Waals surface area contributed by atoms with Crippen LogP contribution in [0, 0.1) is 0 Å². The molecule has 0 N–H and O–H groups in total. The lowest BCUT2D eigenvalue weighted by Gasteiger charge is -2.31. The van der Waals surface area contributed by atoms with Gasteiger partial charge in [-0.3, -0.25) is 0 Å². The van der Waals surface area contributed by atoms with Crippen LogP contribution in [0.1, 0.15) is 92.5 Å². The van der Waals surface area contributed by atoms with E-state index in [9.17, 15) is 0 Å². The first kappa shape index (κ1) is 28.7. The van der Waals surface area contributed by atoms with Gasteiger partial charge in [0.1, 0.15) is 0 Å². The summed E-state index contributed by atoms with van der Waals surface area (Å²) in [6.45, 7) is 8.91. The van der Waals surface area contributed by atoms with Crippen LogP contribution in [0.25, 0.3) is 11.3 Å². The quantitative estimate of drug-likeness (QED) is 0.163. The van der Waals surface area contributed by atoms with Gasteiger partial charge >= 0.3 is 0 Å². The average Bonchev–Trinajstić information content (AvgIpc) is 3.86. The fourth-order valence-corrected chi connectivity index (χ4v) is 6.21. The van der Waals surface area contributed by atoms with Crippen LogP contribution in [0.3, 0.4) is 0 Å². The highest BCUT2D eigenvalue weighted by Crippen LogP contribution is 2.40. The van der Waals surface area contributed by atoms with Crippen LogP contribution in [-0.4, -0.2) is 18.0 Å². The first-order valence-electron chi connectivity index (χ1n) is 15.5. The van der Waals surface area contributed by atoms with Crippen molar-refractivity contribution in [3.05, 3.63) is 155 Å². The Labute approximate surface area is 248 Å². The number of nitrogens with zero attached hydrogens (tertiary/aromatic N) is 1. The molecule has 0 amide bonds. The van der Waals surface area contributed by atoms with E-state index in [0.717, 1.165) is 32.4 Å². The van der Waals surface area contributed by atoms with Crippen molar-refractivity contribution >= 4 is 11.3 Å². The average molecular weight is 540 g/mol. The summed E-state index contributed by atoms with van der Waals surface area (Å²) >= 11 is 0. The fourth-order valence-electron chi connectivity index (χ4n) is 6.21. The maximum Gasteiger partial charge on any atom is 0.0431 e. The van der Waals surface area contributed by atoms with Crippen molar-refractivity contribution < 1.29 is 0 Å². The van der Waals surface area contributed by atoms with Crippen LogP contribution in [0.15, 0.2) is 127 Å². The largest absolute Gasteiger partial charge is 0.371 e. The number of benzene rings is 4. The monoisotopic (exact) mass is 539 g/mol. The molecule has 1 fully saturated rings. The van der Waals surface area contributed by atoms with Gasteiger partial charge in [-0.1, -0.05) is 135 Å². The maximum absolute atomic E-state index is 2.72. The van der Waals surface area contributed by atoms with Gasteiger partial charge in [0.05, 0.1) is 0 Å². The highest BCUT2D eigenvalue weighted by molar-refractivity contribution is 5.71. The summed E-state index contributed by atoms with van der Waals surface area (Å²) in [5.74, 6) is 0.903. The first-order valence-corrected chi connectivity index (χ1v) is 15.5. The number of rotatable bonds is 13. The van der Waals surface area contributed by atoms with E-state index in [2.05, 4.69) is 147 Å². The van der Waals surface area contributed by atoms with Gasteiger partial charge in [-0.05, 0) is 83.9 Å². The van der Waals surface area contributed by atoms with Crippen LogP contribution in [-0.2, 0) is 0 Å². The number of hydrogen-bond acceptors (Lipinski definition) is 1. The molecule has 0 saturated heterocycles. The Kier molecular flexibility index (Phi) is 9.91. The van der Waals surface area contributed by atoms with E-state index >= 15 is 0 Å². The molecule has 5 rings (SSSR count). The second kappa shape index (κ2) is 14.2. The molecule has 0 spiro atoms. The predicted molar refractivity (Wildman–Crippen MR) is 177 cm³/mol. The molecule has 1 heteroatoms. The molecule has 0 radical (unpaired) electrons. The van der Waals surface area contributed by atoms with Gasteiger partial charge in [0.15, 0.2) is 0 Å². The van der Waals surface area contributed by atoms with Crippen LogP contribution in [0.2, 0.25) is 0 Å². The molecule has 0 bridgehead atoms. The summed E-state index contributed by atoms with van der Waals surface area (Å²) in [5.41, 5.74) is 11.6. The molecule has 0 heterocycles. The molecule has 210 valence electrons. The lowest BCUT2D eigenvalue weighted by atomic mass is 9.88. The molecular weight excluding hydrogens is 494 g/mol. The van der Waals surface area contributed by atoms with E-state index < -0.39 is 0 Å². The topological polar surface area (TPSA) is 3.24 Å². The van der Waals surface area contributed by atoms with Gasteiger partial charge in [-0.2, -0.15) is 0 Å². The Morgan fingerprint density at radius 2 is 1.27 bits per heavy atom. The molecule has 1 nitrogen and oxygen atoms in total. The first-order chi connectivity index (χ1) is 20.2. The molecule has 4 aromatic rings.